The van der Waals surface area contributed by atoms with E-state index in [1.54, 1.807) is 25.3 Å². The van der Waals surface area contributed by atoms with E-state index in [-0.39, 0.29) is 6.54 Å². The molecule has 1 aliphatic heterocycles. The monoisotopic (exact) mass is 290 g/mol. The molecule has 112 valence electrons. The van der Waals surface area contributed by atoms with Crippen molar-refractivity contribution in [3.63, 3.8) is 0 Å². The summed E-state index contributed by atoms with van der Waals surface area (Å²) in [5, 5.41) is 21.7. The summed E-state index contributed by atoms with van der Waals surface area (Å²) in [5.41, 5.74) is 0.195. The third kappa shape index (κ3) is 3.26. The second kappa shape index (κ2) is 6.46. The summed E-state index contributed by atoms with van der Waals surface area (Å²) in [5.74, 6) is -0.215. The van der Waals surface area contributed by atoms with E-state index in [9.17, 15) is 9.90 Å². The van der Waals surface area contributed by atoms with Crippen LogP contribution in [0.15, 0.2) is 18.2 Å². The number of nitrogens with zero attached hydrogens (tertiary/aromatic N) is 1. The average molecular weight is 290 g/mol. The number of methoxy groups -OCH3 is 1. The van der Waals surface area contributed by atoms with Crippen molar-refractivity contribution in [1.29, 1.82) is 5.26 Å². The Morgan fingerprint density at radius 2 is 2.24 bits per heavy atom. The fourth-order valence-electron chi connectivity index (χ4n) is 2.39. The number of benzene rings is 1. The zero-order chi connectivity index (χ0) is 15.3. The minimum atomic E-state index is -0.853. The summed E-state index contributed by atoms with van der Waals surface area (Å²) in [6.45, 7) is 1.14. The Balaban J connectivity index is 2.17. The number of carboxylic acid groups (broad SMARTS) is 1. The molecule has 1 heterocycles. The number of aliphatic carboxylic acids is 1. The molecular weight excluding hydrogens is 272 g/mol. The van der Waals surface area contributed by atoms with Gasteiger partial charge >= 0.3 is 5.97 Å². The predicted octanol–water partition coefficient (Wildman–Crippen LogP) is 1.86. The number of hydrogen-bond acceptors (Lipinski definition) is 5. The lowest BCUT2D eigenvalue weighted by Gasteiger charge is -2.33. The van der Waals surface area contributed by atoms with E-state index >= 15 is 0 Å². The van der Waals surface area contributed by atoms with Crippen LogP contribution < -0.4 is 10.1 Å². The zero-order valence-corrected chi connectivity index (χ0v) is 11.9. The highest BCUT2D eigenvalue weighted by Crippen LogP contribution is 2.32. The highest BCUT2D eigenvalue weighted by atomic mass is 16.5. The van der Waals surface area contributed by atoms with Crippen LogP contribution in [0.4, 0.5) is 5.69 Å². The van der Waals surface area contributed by atoms with Gasteiger partial charge in [0.1, 0.15) is 11.8 Å². The summed E-state index contributed by atoms with van der Waals surface area (Å²) < 4.78 is 10.4. The molecule has 1 aromatic rings. The van der Waals surface area contributed by atoms with Gasteiger partial charge in [0, 0.05) is 25.8 Å². The average Bonchev–Trinajstić information content (AvgIpc) is 2.53. The number of ether oxygens (including phenoxy) is 2. The Hall–Kier alpha value is -2.26. The highest BCUT2D eigenvalue weighted by Gasteiger charge is 2.40. The molecule has 1 saturated heterocycles. The van der Waals surface area contributed by atoms with E-state index in [1.807, 2.05) is 0 Å². The fraction of sp³-hybridized carbons (Fsp3) is 0.467. The number of carboxylic acids is 1. The van der Waals surface area contributed by atoms with E-state index in [1.165, 1.54) is 0 Å². The van der Waals surface area contributed by atoms with Gasteiger partial charge in [-0.2, -0.15) is 5.26 Å². The van der Waals surface area contributed by atoms with Crippen LogP contribution in [0.25, 0.3) is 0 Å². The van der Waals surface area contributed by atoms with E-state index in [2.05, 4.69) is 11.4 Å². The first kappa shape index (κ1) is 15.1. The van der Waals surface area contributed by atoms with Gasteiger partial charge in [-0.05, 0) is 25.0 Å². The number of nitrogens with one attached hydrogen (secondary N) is 1. The van der Waals surface area contributed by atoms with Crippen molar-refractivity contribution < 1.29 is 19.4 Å². The Morgan fingerprint density at radius 1 is 1.52 bits per heavy atom. The number of hydrogen-bond donors (Lipinski definition) is 2. The Labute approximate surface area is 123 Å². The minimum Gasteiger partial charge on any atom is -0.497 e. The molecule has 0 spiro atoms. The molecule has 6 heteroatoms. The summed E-state index contributed by atoms with van der Waals surface area (Å²) >= 11 is 0. The SMILES string of the molecule is COc1ccc(C#N)c(NCC2(C(=O)O)CCOCC2)c1. The predicted molar refractivity (Wildman–Crippen MR) is 76.3 cm³/mol. The van der Waals surface area contributed by atoms with Crippen molar-refractivity contribution in [3.8, 4) is 11.8 Å². The molecular formula is C15H18N2O4. The third-order valence-corrected chi connectivity index (χ3v) is 3.87. The van der Waals surface area contributed by atoms with Crippen LogP contribution in [-0.2, 0) is 9.53 Å². The van der Waals surface area contributed by atoms with Crippen LogP contribution in [0.3, 0.4) is 0 Å². The van der Waals surface area contributed by atoms with Crippen molar-refractivity contribution in [2.24, 2.45) is 5.41 Å². The molecule has 1 aliphatic rings. The van der Waals surface area contributed by atoms with Gasteiger partial charge in [-0.15, -0.1) is 0 Å². The maximum absolute atomic E-state index is 11.6. The zero-order valence-electron chi connectivity index (χ0n) is 11.9. The standard InChI is InChI=1S/C15H18N2O4/c1-20-12-3-2-11(9-16)13(8-12)17-10-15(14(18)19)4-6-21-7-5-15/h2-3,8,17H,4-7,10H2,1H3,(H,18,19). The van der Waals surface area contributed by atoms with E-state index < -0.39 is 11.4 Å². The summed E-state index contributed by atoms with van der Waals surface area (Å²) in [7, 11) is 1.54. The van der Waals surface area contributed by atoms with Crippen molar-refractivity contribution >= 4 is 11.7 Å². The Morgan fingerprint density at radius 3 is 2.81 bits per heavy atom. The lowest BCUT2D eigenvalue weighted by molar-refractivity contribution is -0.153. The Bertz CT molecular complexity index is 559. The second-order valence-electron chi connectivity index (χ2n) is 5.07. The van der Waals surface area contributed by atoms with Gasteiger partial charge in [0.15, 0.2) is 0 Å². The summed E-state index contributed by atoms with van der Waals surface area (Å²) in [4.78, 5) is 11.6. The van der Waals surface area contributed by atoms with Gasteiger partial charge in [-0.1, -0.05) is 0 Å². The normalized spacial score (nSPS) is 16.8. The lowest BCUT2D eigenvalue weighted by Crippen LogP contribution is -2.42. The van der Waals surface area contributed by atoms with E-state index in [4.69, 9.17) is 14.7 Å². The van der Waals surface area contributed by atoms with Crippen molar-refractivity contribution in [1.82, 2.24) is 0 Å². The highest BCUT2D eigenvalue weighted by molar-refractivity contribution is 5.76. The van der Waals surface area contributed by atoms with Gasteiger partial charge in [-0.25, -0.2) is 0 Å². The van der Waals surface area contributed by atoms with Crippen LogP contribution in [-0.4, -0.2) is 37.9 Å². The topological polar surface area (TPSA) is 91.6 Å². The molecule has 2 rings (SSSR count). The van der Waals surface area contributed by atoms with Crippen LogP contribution >= 0.6 is 0 Å². The molecule has 1 aromatic carbocycles. The first-order chi connectivity index (χ1) is 10.1. The maximum Gasteiger partial charge on any atom is 0.311 e. The molecule has 6 nitrogen and oxygen atoms in total. The molecule has 2 N–H and O–H groups in total. The maximum atomic E-state index is 11.6. The molecule has 0 saturated carbocycles. The first-order valence-corrected chi connectivity index (χ1v) is 6.74. The molecule has 1 fully saturated rings. The van der Waals surface area contributed by atoms with Crippen molar-refractivity contribution in [2.45, 2.75) is 12.8 Å². The molecule has 0 radical (unpaired) electrons. The first-order valence-electron chi connectivity index (χ1n) is 6.74. The van der Waals surface area contributed by atoms with Crippen molar-refractivity contribution in [3.05, 3.63) is 23.8 Å². The van der Waals surface area contributed by atoms with Gasteiger partial charge in [-0.3, -0.25) is 4.79 Å². The second-order valence-corrected chi connectivity index (χ2v) is 5.07. The molecule has 0 aliphatic carbocycles. The molecule has 0 bridgehead atoms. The molecule has 0 unspecified atom stereocenters. The van der Waals surface area contributed by atoms with Crippen LogP contribution in [0.2, 0.25) is 0 Å². The quantitative estimate of drug-likeness (QED) is 0.860. The van der Waals surface area contributed by atoms with E-state index in [0.29, 0.717) is 43.1 Å². The fourth-order valence-corrected chi connectivity index (χ4v) is 2.39. The minimum absolute atomic E-state index is 0.257. The van der Waals surface area contributed by atoms with Crippen molar-refractivity contribution in [2.75, 3.05) is 32.2 Å². The van der Waals surface area contributed by atoms with Gasteiger partial charge < -0.3 is 19.9 Å². The molecule has 21 heavy (non-hydrogen) atoms. The lowest BCUT2D eigenvalue weighted by atomic mass is 9.80. The summed E-state index contributed by atoms with van der Waals surface area (Å²) in [6, 6.07) is 7.14. The van der Waals surface area contributed by atoms with Gasteiger partial charge in [0.25, 0.3) is 0 Å². The number of anilines is 1. The van der Waals surface area contributed by atoms with Crippen LogP contribution in [0, 0.1) is 16.7 Å². The number of rotatable bonds is 5. The third-order valence-electron chi connectivity index (χ3n) is 3.87. The van der Waals surface area contributed by atoms with E-state index in [0.717, 1.165) is 0 Å². The number of nitriles is 1. The van der Waals surface area contributed by atoms with Gasteiger partial charge in [0.2, 0.25) is 0 Å². The largest absolute Gasteiger partial charge is 0.497 e. The number of carbonyl (C=O) groups is 1. The molecule has 0 aromatic heterocycles. The smallest absolute Gasteiger partial charge is 0.311 e. The Kier molecular flexibility index (Phi) is 4.66. The van der Waals surface area contributed by atoms with Gasteiger partial charge in [0.05, 0.1) is 23.8 Å². The van der Waals surface area contributed by atoms with Crippen LogP contribution in [0.5, 0.6) is 5.75 Å². The summed E-state index contributed by atoms with van der Waals surface area (Å²) in [6.07, 6.45) is 0.919. The van der Waals surface area contributed by atoms with Crippen LogP contribution in [0.1, 0.15) is 18.4 Å². The molecule has 0 atom stereocenters. The molecule has 0 amide bonds.